The zero-order chi connectivity index (χ0) is 29.8. The highest BCUT2D eigenvalue weighted by Crippen LogP contribution is 2.30. The van der Waals surface area contributed by atoms with Gasteiger partial charge >= 0.3 is 0 Å². The van der Waals surface area contributed by atoms with Gasteiger partial charge in [0.25, 0.3) is 10.0 Å². The van der Waals surface area contributed by atoms with Crippen LogP contribution in [0.1, 0.15) is 44.4 Å². The molecule has 10 heteroatoms. The largest absolute Gasteiger partial charge is 0.350 e. The zero-order valence-corrected chi connectivity index (χ0v) is 26.7. The lowest BCUT2D eigenvalue weighted by molar-refractivity contribution is -0.140. The Morgan fingerprint density at radius 1 is 1.00 bits per heavy atom. The standard InChI is InChI=1S/C30H35BrClN3O4S/c1-20-10-14-26(15-11-20)40(38,39)35(27-17-25(32)13-12-21(27)2)19-28(36)34(18-23-8-7-9-24(31)16-23)22(3)29(37)33-30(4,5)6/h7-17,22H,18-19H2,1-6H3,(H,33,37)/t22-/m1/s1. The van der Waals surface area contributed by atoms with Crippen molar-refractivity contribution in [3.8, 4) is 0 Å². The zero-order valence-electron chi connectivity index (χ0n) is 23.5. The molecule has 0 aliphatic carbocycles. The van der Waals surface area contributed by atoms with Crippen LogP contribution in [0.15, 0.2) is 76.1 Å². The predicted molar refractivity (Wildman–Crippen MR) is 164 cm³/mol. The Kier molecular flexibility index (Phi) is 10.1. The minimum Gasteiger partial charge on any atom is -0.350 e. The van der Waals surface area contributed by atoms with Crippen molar-refractivity contribution in [3.05, 3.63) is 92.9 Å². The third kappa shape index (κ3) is 8.08. The van der Waals surface area contributed by atoms with Crippen LogP contribution in [0.2, 0.25) is 5.02 Å². The molecule has 0 heterocycles. The van der Waals surface area contributed by atoms with Crippen LogP contribution in [0.4, 0.5) is 5.69 Å². The van der Waals surface area contributed by atoms with E-state index in [0.717, 1.165) is 19.9 Å². The number of anilines is 1. The van der Waals surface area contributed by atoms with Gasteiger partial charge in [-0.1, -0.05) is 63.4 Å². The van der Waals surface area contributed by atoms with Gasteiger partial charge in [0, 0.05) is 21.6 Å². The highest BCUT2D eigenvalue weighted by molar-refractivity contribution is 9.10. The maximum absolute atomic E-state index is 14.1. The molecule has 0 saturated heterocycles. The van der Waals surface area contributed by atoms with Gasteiger partial charge in [-0.3, -0.25) is 13.9 Å². The van der Waals surface area contributed by atoms with Gasteiger partial charge in [0.15, 0.2) is 0 Å². The molecule has 3 aromatic carbocycles. The Morgan fingerprint density at radius 3 is 2.25 bits per heavy atom. The second-order valence-corrected chi connectivity index (χ2v) is 14.0. The fraction of sp³-hybridized carbons (Fsp3) is 0.333. The van der Waals surface area contributed by atoms with Gasteiger partial charge in [0.1, 0.15) is 12.6 Å². The van der Waals surface area contributed by atoms with E-state index in [4.69, 9.17) is 11.6 Å². The fourth-order valence-electron chi connectivity index (χ4n) is 4.09. The van der Waals surface area contributed by atoms with Crippen molar-refractivity contribution in [1.29, 1.82) is 0 Å². The van der Waals surface area contributed by atoms with Crippen LogP contribution in [0.5, 0.6) is 0 Å². The molecule has 0 radical (unpaired) electrons. The van der Waals surface area contributed by atoms with Crippen LogP contribution in [-0.4, -0.2) is 43.3 Å². The summed E-state index contributed by atoms with van der Waals surface area (Å²) in [5.74, 6) is -0.880. The molecule has 1 atom stereocenters. The van der Waals surface area contributed by atoms with Crippen LogP contribution in [-0.2, 0) is 26.2 Å². The summed E-state index contributed by atoms with van der Waals surface area (Å²) in [7, 11) is -4.17. The van der Waals surface area contributed by atoms with Crippen molar-refractivity contribution in [2.45, 2.75) is 64.6 Å². The molecule has 0 unspecified atom stereocenters. The second kappa shape index (κ2) is 12.7. The minimum absolute atomic E-state index is 0.0438. The number of carbonyl (C=O) groups excluding carboxylic acids is 2. The summed E-state index contributed by atoms with van der Waals surface area (Å²) >= 11 is 9.73. The number of halogens is 2. The van der Waals surface area contributed by atoms with E-state index in [0.29, 0.717) is 10.6 Å². The Labute approximate surface area is 250 Å². The number of hydrogen-bond acceptors (Lipinski definition) is 4. The van der Waals surface area contributed by atoms with Crippen LogP contribution in [0, 0.1) is 13.8 Å². The summed E-state index contributed by atoms with van der Waals surface area (Å²) in [6.45, 7) is 10.4. The van der Waals surface area contributed by atoms with Gasteiger partial charge < -0.3 is 10.2 Å². The lowest BCUT2D eigenvalue weighted by atomic mass is 10.1. The third-order valence-electron chi connectivity index (χ3n) is 6.24. The van der Waals surface area contributed by atoms with Crippen LogP contribution in [0.3, 0.4) is 0 Å². The number of hydrogen-bond donors (Lipinski definition) is 1. The SMILES string of the molecule is Cc1ccc(S(=O)(=O)N(CC(=O)N(Cc2cccc(Br)c2)[C@H](C)C(=O)NC(C)(C)C)c2cc(Cl)ccc2C)cc1. The number of benzene rings is 3. The predicted octanol–water partition coefficient (Wildman–Crippen LogP) is 6.25. The first-order valence-electron chi connectivity index (χ1n) is 12.8. The number of nitrogens with zero attached hydrogens (tertiary/aromatic N) is 2. The minimum atomic E-state index is -4.17. The highest BCUT2D eigenvalue weighted by atomic mass is 79.9. The third-order valence-corrected chi connectivity index (χ3v) is 8.74. The van der Waals surface area contributed by atoms with Gasteiger partial charge in [-0.25, -0.2) is 8.42 Å². The van der Waals surface area contributed by atoms with Gasteiger partial charge in [-0.05, 0) is 89.1 Å². The van der Waals surface area contributed by atoms with E-state index in [9.17, 15) is 18.0 Å². The smallest absolute Gasteiger partial charge is 0.264 e. The Bertz CT molecular complexity index is 1490. The van der Waals surface area contributed by atoms with E-state index in [1.54, 1.807) is 38.1 Å². The van der Waals surface area contributed by atoms with Crippen molar-refractivity contribution in [1.82, 2.24) is 10.2 Å². The molecule has 7 nitrogen and oxygen atoms in total. The normalized spacial score (nSPS) is 12.5. The number of carbonyl (C=O) groups is 2. The molecule has 0 bridgehead atoms. The molecule has 1 N–H and O–H groups in total. The summed E-state index contributed by atoms with van der Waals surface area (Å²) in [5.41, 5.74) is 2.08. The molecular weight excluding hydrogens is 614 g/mol. The fourth-order valence-corrected chi connectivity index (χ4v) is 6.17. The summed E-state index contributed by atoms with van der Waals surface area (Å²) < 4.78 is 29.9. The second-order valence-electron chi connectivity index (χ2n) is 10.8. The molecule has 3 rings (SSSR count). The lowest BCUT2D eigenvalue weighted by Gasteiger charge is -2.34. The molecule has 0 saturated carbocycles. The first-order chi connectivity index (χ1) is 18.6. The lowest BCUT2D eigenvalue weighted by Crippen LogP contribution is -2.54. The molecule has 3 aromatic rings. The number of nitrogens with one attached hydrogen (secondary N) is 1. The maximum atomic E-state index is 14.1. The summed E-state index contributed by atoms with van der Waals surface area (Å²) in [5, 5.41) is 3.26. The monoisotopic (exact) mass is 647 g/mol. The topological polar surface area (TPSA) is 86.8 Å². The van der Waals surface area contributed by atoms with Gasteiger partial charge in [0.2, 0.25) is 11.8 Å². The first-order valence-corrected chi connectivity index (χ1v) is 15.4. The van der Waals surface area contributed by atoms with E-state index < -0.39 is 34.1 Å². The number of amides is 2. The van der Waals surface area contributed by atoms with Crippen molar-refractivity contribution >= 4 is 55.1 Å². The van der Waals surface area contributed by atoms with Crippen LogP contribution in [0.25, 0.3) is 0 Å². The molecule has 0 fully saturated rings. The quantitative estimate of drug-likeness (QED) is 0.297. The highest BCUT2D eigenvalue weighted by Gasteiger charge is 2.34. The molecule has 2 amide bonds. The molecule has 0 aliphatic rings. The summed E-state index contributed by atoms with van der Waals surface area (Å²) in [4.78, 5) is 28.7. The molecule has 40 heavy (non-hydrogen) atoms. The van der Waals surface area contributed by atoms with Crippen molar-refractivity contribution in [2.24, 2.45) is 0 Å². The van der Waals surface area contributed by atoms with E-state index in [1.807, 2.05) is 52.0 Å². The number of aryl methyl sites for hydroxylation is 2. The van der Waals surface area contributed by atoms with E-state index >= 15 is 0 Å². The average Bonchev–Trinajstić information content (AvgIpc) is 2.86. The molecule has 0 aromatic heterocycles. The van der Waals surface area contributed by atoms with Crippen molar-refractivity contribution in [3.63, 3.8) is 0 Å². The molecule has 214 valence electrons. The molecular formula is C30H35BrClN3O4S. The Balaban J connectivity index is 2.08. The van der Waals surface area contributed by atoms with Crippen LogP contribution >= 0.6 is 27.5 Å². The summed E-state index contributed by atoms with van der Waals surface area (Å²) in [6, 6.07) is 17.9. The van der Waals surface area contributed by atoms with Crippen LogP contribution < -0.4 is 9.62 Å². The van der Waals surface area contributed by atoms with Crippen molar-refractivity contribution < 1.29 is 18.0 Å². The first kappa shape index (κ1) is 31.6. The maximum Gasteiger partial charge on any atom is 0.264 e. The number of sulfonamides is 1. The van der Waals surface area contributed by atoms with Gasteiger partial charge in [-0.15, -0.1) is 0 Å². The molecule has 0 spiro atoms. The number of rotatable bonds is 9. The average molecular weight is 649 g/mol. The van der Waals surface area contributed by atoms with E-state index in [1.165, 1.54) is 23.1 Å². The van der Waals surface area contributed by atoms with E-state index in [2.05, 4.69) is 21.2 Å². The summed E-state index contributed by atoms with van der Waals surface area (Å²) in [6.07, 6.45) is 0. The van der Waals surface area contributed by atoms with Gasteiger partial charge in [0.05, 0.1) is 10.6 Å². The molecule has 0 aliphatic heterocycles. The Hall–Kier alpha value is -2.88. The van der Waals surface area contributed by atoms with Crippen molar-refractivity contribution in [2.75, 3.05) is 10.8 Å². The Morgan fingerprint density at radius 2 is 1.65 bits per heavy atom. The van der Waals surface area contributed by atoms with Gasteiger partial charge in [-0.2, -0.15) is 0 Å². The van der Waals surface area contributed by atoms with E-state index in [-0.39, 0.29) is 23.0 Å².